The molecule has 0 saturated carbocycles. The lowest BCUT2D eigenvalue weighted by Crippen LogP contribution is -2.30. The summed E-state index contributed by atoms with van der Waals surface area (Å²) in [5.74, 6) is 1.85. The zero-order valence-corrected chi connectivity index (χ0v) is 17.4. The van der Waals surface area contributed by atoms with Gasteiger partial charge in [0.25, 0.3) is 0 Å². The Morgan fingerprint density at radius 1 is 1.43 bits per heavy atom. The second-order valence-electron chi connectivity index (χ2n) is 6.28. The van der Waals surface area contributed by atoms with Crippen LogP contribution in [-0.4, -0.2) is 45.7 Å². The third-order valence-electron chi connectivity index (χ3n) is 4.32. The summed E-state index contributed by atoms with van der Waals surface area (Å²) in [6, 6.07) is 1.24. The van der Waals surface area contributed by atoms with Gasteiger partial charge in [0, 0.05) is 35.1 Å². The molecule has 10 heteroatoms. The fourth-order valence-corrected chi connectivity index (χ4v) is 4.22. The number of phenolic OH excluding ortho intramolecular Hbond substituents is 1. The Bertz CT molecular complexity index is 900. The van der Waals surface area contributed by atoms with Gasteiger partial charge in [-0.25, -0.2) is 4.79 Å². The number of carbonyl (C=O) groups excluding carboxylic acids is 1. The van der Waals surface area contributed by atoms with Crippen LogP contribution >= 0.6 is 24.0 Å². The largest absolute Gasteiger partial charge is 0.507 e. The van der Waals surface area contributed by atoms with Crippen molar-refractivity contribution in [1.82, 2.24) is 15.5 Å². The minimum absolute atomic E-state index is 0.00683. The van der Waals surface area contributed by atoms with E-state index in [4.69, 9.17) is 26.2 Å². The predicted octanol–water partition coefficient (Wildman–Crippen LogP) is 2.85. The minimum atomic E-state index is -0.505. The molecule has 0 unspecified atom stereocenters. The predicted molar refractivity (Wildman–Crippen MR) is 108 cm³/mol. The van der Waals surface area contributed by atoms with Gasteiger partial charge in [-0.1, -0.05) is 17.4 Å². The number of aromatic hydroxyl groups is 1. The molecule has 8 nitrogen and oxygen atoms in total. The van der Waals surface area contributed by atoms with Crippen molar-refractivity contribution in [1.29, 1.82) is 0 Å². The van der Waals surface area contributed by atoms with Crippen LogP contribution in [0.1, 0.15) is 45.7 Å². The number of benzene rings is 1. The summed E-state index contributed by atoms with van der Waals surface area (Å²) in [5.41, 5.74) is 1.47. The molecule has 150 valence electrons. The summed E-state index contributed by atoms with van der Waals surface area (Å²) < 4.78 is 16.0. The van der Waals surface area contributed by atoms with Gasteiger partial charge in [-0.3, -0.25) is 0 Å². The van der Waals surface area contributed by atoms with Crippen molar-refractivity contribution < 1.29 is 23.9 Å². The molecule has 28 heavy (non-hydrogen) atoms. The quantitative estimate of drug-likeness (QED) is 0.553. The van der Waals surface area contributed by atoms with Gasteiger partial charge in [0.2, 0.25) is 5.89 Å². The van der Waals surface area contributed by atoms with E-state index in [1.165, 1.54) is 24.9 Å². The molecule has 0 fully saturated rings. The maximum absolute atomic E-state index is 12.7. The average molecular weight is 424 g/mol. The van der Waals surface area contributed by atoms with Crippen molar-refractivity contribution in [3.63, 3.8) is 0 Å². The lowest BCUT2D eigenvalue weighted by atomic mass is 10.0. The van der Waals surface area contributed by atoms with Crippen molar-refractivity contribution >= 4 is 34.9 Å². The number of esters is 1. The summed E-state index contributed by atoms with van der Waals surface area (Å²) in [7, 11) is 1.49. The van der Waals surface area contributed by atoms with Gasteiger partial charge in [-0.2, -0.15) is 16.7 Å². The molecule has 2 N–H and O–H groups in total. The molecule has 0 saturated heterocycles. The maximum Gasteiger partial charge on any atom is 0.338 e. The highest BCUT2D eigenvalue weighted by atomic mass is 32.2. The Morgan fingerprint density at radius 2 is 2.21 bits per heavy atom. The van der Waals surface area contributed by atoms with Gasteiger partial charge in [-0.15, -0.1) is 0 Å². The normalized spacial score (nSPS) is 18.3. The van der Waals surface area contributed by atoms with Crippen LogP contribution in [0.3, 0.4) is 0 Å². The van der Waals surface area contributed by atoms with E-state index in [2.05, 4.69) is 15.5 Å². The molecular weight excluding hydrogens is 402 g/mol. The van der Waals surface area contributed by atoms with E-state index >= 15 is 0 Å². The van der Waals surface area contributed by atoms with Gasteiger partial charge < -0.3 is 24.4 Å². The molecule has 0 aliphatic carbocycles. The third kappa shape index (κ3) is 4.39. The Morgan fingerprint density at radius 3 is 2.89 bits per heavy atom. The molecule has 1 aliphatic rings. The zero-order valence-electron chi connectivity index (χ0n) is 15.8. The molecular formula is C18H21N3O5S2. The number of aryl methyl sites for hydroxylation is 1. The highest BCUT2D eigenvalue weighted by Gasteiger charge is 2.25. The summed E-state index contributed by atoms with van der Waals surface area (Å²) in [4.78, 5) is 17.5. The van der Waals surface area contributed by atoms with Crippen molar-refractivity contribution in [2.45, 2.75) is 32.1 Å². The number of methoxy groups -OCH3 is 1. The number of hydrogen-bond acceptors (Lipinski definition) is 9. The third-order valence-corrected chi connectivity index (χ3v) is 5.70. The molecule has 0 amide bonds. The molecule has 2 heterocycles. The molecule has 3 rings (SSSR count). The maximum atomic E-state index is 12.7. The Balaban J connectivity index is 1.94. The monoisotopic (exact) mass is 423 g/mol. The number of carbonyl (C=O) groups is 1. The Labute approximate surface area is 172 Å². The smallest absolute Gasteiger partial charge is 0.338 e. The summed E-state index contributed by atoms with van der Waals surface area (Å²) in [6.45, 7) is 3.63. The van der Waals surface area contributed by atoms with Gasteiger partial charge in [0.05, 0.1) is 24.3 Å². The first-order chi connectivity index (χ1) is 13.4. The van der Waals surface area contributed by atoms with E-state index in [0.29, 0.717) is 57.1 Å². The molecule has 0 radical (unpaired) electrons. The standard InChI is InChI=1S/C18H21N3O5S2/c1-9-14(24-3)6-13(22)11-7-28-8-12(17-19-10(2)21-26-17)20-15(27)4-5-25-18(23)16(9)11/h6,12,22H,4-5,7-8H2,1-3H3,(H,20,27)/t12-/m0/s1. The first-order valence-electron chi connectivity index (χ1n) is 8.64. The summed E-state index contributed by atoms with van der Waals surface area (Å²) in [5, 5.41) is 17.5. The lowest BCUT2D eigenvalue weighted by Gasteiger charge is -2.20. The Hall–Kier alpha value is -2.33. The summed E-state index contributed by atoms with van der Waals surface area (Å²) >= 11 is 6.86. The van der Waals surface area contributed by atoms with Crippen LogP contribution < -0.4 is 10.1 Å². The fraction of sp³-hybridized carbons (Fsp3) is 0.444. The van der Waals surface area contributed by atoms with E-state index in [1.807, 2.05) is 0 Å². The van der Waals surface area contributed by atoms with E-state index in [0.717, 1.165) is 0 Å². The van der Waals surface area contributed by atoms with E-state index < -0.39 is 5.97 Å². The number of ether oxygens (including phenoxy) is 2. The molecule has 1 aromatic heterocycles. The number of aromatic nitrogens is 2. The van der Waals surface area contributed by atoms with Crippen molar-refractivity contribution in [3.8, 4) is 11.5 Å². The molecule has 0 spiro atoms. The van der Waals surface area contributed by atoms with Gasteiger partial charge >= 0.3 is 5.97 Å². The number of fused-ring (bicyclic) bond motifs is 1. The molecule has 1 aromatic carbocycles. The van der Waals surface area contributed by atoms with E-state index in [-0.39, 0.29) is 18.4 Å². The van der Waals surface area contributed by atoms with Crippen LogP contribution in [0.15, 0.2) is 10.6 Å². The number of cyclic esters (lactones) is 1. The number of nitrogens with zero attached hydrogens (tertiary/aromatic N) is 2. The van der Waals surface area contributed by atoms with E-state index in [9.17, 15) is 9.90 Å². The lowest BCUT2D eigenvalue weighted by molar-refractivity contribution is 0.0512. The fourth-order valence-electron chi connectivity index (χ4n) is 2.91. The van der Waals surface area contributed by atoms with Gasteiger partial charge in [0.15, 0.2) is 5.82 Å². The number of phenols is 1. The van der Waals surface area contributed by atoms with Crippen LogP contribution in [0.5, 0.6) is 11.5 Å². The number of nitrogens with one attached hydrogen (secondary N) is 1. The van der Waals surface area contributed by atoms with E-state index in [1.54, 1.807) is 13.8 Å². The van der Waals surface area contributed by atoms with Gasteiger partial charge in [-0.05, 0) is 13.8 Å². The van der Waals surface area contributed by atoms with Crippen molar-refractivity contribution in [2.75, 3.05) is 19.5 Å². The van der Waals surface area contributed by atoms with Crippen LogP contribution in [0, 0.1) is 13.8 Å². The van der Waals surface area contributed by atoms with Crippen LogP contribution in [0.2, 0.25) is 0 Å². The molecule has 1 atom stereocenters. The zero-order chi connectivity index (χ0) is 20.3. The highest BCUT2D eigenvalue weighted by molar-refractivity contribution is 7.98. The van der Waals surface area contributed by atoms with Crippen LogP contribution in [0.25, 0.3) is 0 Å². The second kappa shape index (κ2) is 8.78. The van der Waals surface area contributed by atoms with Crippen molar-refractivity contribution in [2.24, 2.45) is 0 Å². The first-order valence-corrected chi connectivity index (χ1v) is 10.2. The molecule has 2 aromatic rings. The van der Waals surface area contributed by atoms with Crippen LogP contribution in [-0.2, 0) is 10.5 Å². The van der Waals surface area contributed by atoms with Crippen molar-refractivity contribution in [3.05, 3.63) is 34.5 Å². The van der Waals surface area contributed by atoms with Gasteiger partial charge in [0.1, 0.15) is 17.5 Å². The summed E-state index contributed by atoms with van der Waals surface area (Å²) in [6.07, 6.45) is 0.361. The topological polar surface area (TPSA) is 107 Å². The average Bonchev–Trinajstić information content (AvgIpc) is 3.08. The SMILES string of the molecule is COc1cc(O)c2c(c1C)C(=O)OCCC(=S)N[C@H](c1nc(C)no1)CSC2. The van der Waals surface area contributed by atoms with Crippen LogP contribution in [0.4, 0.5) is 0 Å². The minimum Gasteiger partial charge on any atom is -0.507 e. The Kier molecular flexibility index (Phi) is 6.40. The number of thioether (sulfide) groups is 1. The number of rotatable bonds is 2. The number of thiocarbonyl (C=S) groups is 1. The number of hydrogen-bond donors (Lipinski definition) is 2. The first kappa shape index (κ1) is 20.4. The molecule has 0 bridgehead atoms. The molecule has 1 aliphatic heterocycles. The second-order valence-corrected chi connectivity index (χ2v) is 7.80. The highest BCUT2D eigenvalue weighted by Crippen LogP contribution is 2.36.